The molecule has 0 spiro atoms. The normalized spacial score (nSPS) is 13.3. The van der Waals surface area contributed by atoms with E-state index in [2.05, 4.69) is 15.2 Å². The van der Waals surface area contributed by atoms with E-state index in [0.29, 0.717) is 0 Å². The highest BCUT2D eigenvalue weighted by atomic mass is 16.8. The Balaban J connectivity index is 2.38. The van der Waals surface area contributed by atoms with Gasteiger partial charge in [0.2, 0.25) is 11.2 Å². The molecule has 166 valence electrons. The van der Waals surface area contributed by atoms with Crippen molar-refractivity contribution in [3.8, 4) is 5.75 Å². The van der Waals surface area contributed by atoms with Crippen molar-refractivity contribution in [2.24, 2.45) is 5.10 Å². The lowest BCUT2D eigenvalue weighted by Gasteiger charge is -2.19. The number of hydrogen-bond acceptors (Lipinski definition) is 11. The molecule has 0 aliphatic rings. The molecule has 2 atom stereocenters. The maximum absolute atomic E-state index is 12.7. The third-order valence-corrected chi connectivity index (χ3v) is 3.73. The molecule has 15 nitrogen and oxygen atoms in total. The Hall–Kier alpha value is -3.86. The molecule has 1 aromatic heterocycles. The molecule has 2 amide bonds. The maximum Gasteiger partial charge on any atom is 0.427 e. The molecule has 0 fully saturated rings. The molecule has 2 aromatic rings. The Morgan fingerprint density at radius 3 is 2.55 bits per heavy atom. The van der Waals surface area contributed by atoms with E-state index < -0.39 is 51.5 Å². The number of ether oxygens (including phenoxy) is 1. The van der Waals surface area contributed by atoms with Gasteiger partial charge in [0.1, 0.15) is 11.4 Å². The van der Waals surface area contributed by atoms with Crippen molar-refractivity contribution in [3.63, 3.8) is 0 Å². The number of quaternary nitrogens is 2. The molecule has 0 saturated heterocycles. The van der Waals surface area contributed by atoms with Crippen LogP contribution in [0.15, 0.2) is 44.8 Å². The standard InChI is InChI=1S/C16H17N5O10/c1-30-16(25)19-18-10(7-13-14(23)12(22)4-5-31-13)15(24)17-9-3-2-8(20(26)27)6-11(9)21(28)29/h2-6,20-21,23,26,28H,7H2,1H3,(H,17,24)(H,19,25)/b18-10+. The van der Waals surface area contributed by atoms with Crippen molar-refractivity contribution in [2.45, 2.75) is 6.42 Å². The highest BCUT2D eigenvalue weighted by Gasteiger charge is 2.22. The zero-order chi connectivity index (χ0) is 23.1. The number of hydrazone groups is 1. The average Bonchev–Trinajstić information content (AvgIpc) is 2.73. The highest BCUT2D eigenvalue weighted by molar-refractivity contribution is 6.43. The zero-order valence-electron chi connectivity index (χ0n) is 15.7. The predicted molar refractivity (Wildman–Crippen MR) is 99.9 cm³/mol. The van der Waals surface area contributed by atoms with Crippen LogP contribution in [0.3, 0.4) is 0 Å². The van der Waals surface area contributed by atoms with Gasteiger partial charge < -0.3 is 30.0 Å². The lowest BCUT2D eigenvalue weighted by atomic mass is 10.1. The molecular formula is C16H17N5O10. The van der Waals surface area contributed by atoms with Crippen LogP contribution in [-0.2, 0) is 16.0 Å². The van der Waals surface area contributed by atoms with Gasteiger partial charge in [-0.3, -0.25) is 9.59 Å². The third-order valence-electron chi connectivity index (χ3n) is 3.73. The summed E-state index contributed by atoms with van der Waals surface area (Å²) in [5.41, 5.74) is -0.536. The number of amides is 2. The monoisotopic (exact) mass is 439 g/mol. The van der Waals surface area contributed by atoms with Gasteiger partial charge in [0.25, 0.3) is 5.91 Å². The largest absolute Gasteiger partial charge is 0.595 e. The predicted octanol–water partition coefficient (Wildman–Crippen LogP) is -1.95. The first-order valence-corrected chi connectivity index (χ1v) is 8.26. The van der Waals surface area contributed by atoms with Crippen LogP contribution in [0.4, 0.5) is 21.9 Å². The lowest BCUT2D eigenvalue weighted by molar-refractivity contribution is -0.996. The molecule has 15 heteroatoms. The van der Waals surface area contributed by atoms with E-state index in [1.54, 1.807) is 0 Å². The molecule has 0 aliphatic heterocycles. The zero-order valence-corrected chi connectivity index (χ0v) is 15.7. The van der Waals surface area contributed by atoms with Crippen LogP contribution < -0.4 is 26.6 Å². The van der Waals surface area contributed by atoms with E-state index in [0.717, 1.165) is 37.6 Å². The summed E-state index contributed by atoms with van der Waals surface area (Å²) in [6, 6.07) is 3.89. The van der Waals surface area contributed by atoms with Gasteiger partial charge in [-0.2, -0.15) is 15.6 Å². The van der Waals surface area contributed by atoms with Crippen LogP contribution >= 0.6 is 0 Å². The first-order valence-electron chi connectivity index (χ1n) is 8.26. The smallest absolute Gasteiger partial charge is 0.427 e. The molecule has 7 N–H and O–H groups in total. The number of hydrogen-bond donors (Lipinski definition) is 7. The van der Waals surface area contributed by atoms with Gasteiger partial charge in [-0.25, -0.2) is 20.6 Å². The average molecular weight is 439 g/mol. The summed E-state index contributed by atoms with van der Waals surface area (Å²) >= 11 is 0. The first kappa shape index (κ1) is 23.4. The molecule has 0 bridgehead atoms. The molecule has 2 unspecified atom stereocenters. The first-order chi connectivity index (χ1) is 14.6. The van der Waals surface area contributed by atoms with Gasteiger partial charge in [-0.05, 0) is 6.07 Å². The summed E-state index contributed by atoms with van der Waals surface area (Å²) in [5.74, 6) is -2.20. The molecule has 2 rings (SSSR count). The van der Waals surface area contributed by atoms with Crippen LogP contribution in [0.1, 0.15) is 5.76 Å². The SMILES string of the molecule is COC(=O)N/N=C(\Cc1occc(=O)c1O)C(=O)Nc1ccc([NH+]([O-])O)cc1[NH+]([O-])O. The number of nitrogens with one attached hydrogen (secondary N) is 4. The second kappa shape index (κ2) is 10.3. The van der Waals surface area contributed by atoms with Crippen molar-refractivity contribution in [1.82, 2.24) is 5.43 Å². The molecule has 0 aliphatic carbocycles. The summed E-state index contributed by atoms with van der Waals surface area (Å²) in [5, 5.41) is 53.5. The number of benzene rings is 1. The number of methoxy groups -OCH3 is 1. The summed E-state index contributed by atoms with van der Waals surface area (Å²) in [6.07, 6.45) is -0.651. The fourth-order valence-electron chi connectivity index (χ4n) is 2.21. The Kier molecular flexibility index (Phi) is 7.75. The summed E-state index contributed by atoms with van der Waals surface area (Å²) < 4.78 is 9.33. The van der Waals surface area contributed by atoms with Gasteiger partial charge in [0.15, 0.2) is 17.1 Å². The maximum atomic E-state index is 12.7. The van der Waals surface area contributed by atoms with Gasteiger partial charge in [0.05, 0.1) is 25.9 Å². The molecule has 1 aromatic carbocycles. The van der Waals surface area contributed by atoms with Crippen LogP contribution in [0, 0.1) is 10.4 Å². The Bertz CT molecular complexity index is 1050. The molecule has 1 heterocycles. The van der Waals surface area contributed by atoms with Crippen LogP contribution in [0.5, 0.6) is 5.75 Å². The Labute approximate surface area is 172 Å². The fraction of sp³-hybridized carbons (Fsp3) is 0.125. The summed E-state index contributed by atoms with van der Waals surface area (Å²) in [7, 11) is 1.04. The van der Waals surface area contributed by atoms with E-state index in [-0.39, 0.29) is 17.1 Å². The van der Waals surface area contributed by atoms with Crippen molar-refractivity contribution < 1.29 is 44.7 Å². The number of aromatic hydroxyl groups is 1. The van der Waals surface area contributed by atoms with Crippen LogP contribution in [0.2, 0.25) is 0 Å². The number of nitrogens with zero attached hydrogens (tertiary/aromatic N) is 1. The quantitative estimate of drug-likeness (QED) is 0.186. The van der Waals surface area contributed by atoms with Crippen LogP contribution in [0.25, 0.3) is 0 Å². The second-order valence-corrected chi connectivity index (χ2v) is 5.72. The number of carbonyl (C=O) groups is 2. The van der Waals surface area contributed by atoms with Gasteiger partial charge in [-0.1, -0.05) is 0 Å². The molecule has 31 heavy (non-hydrogen) atoms. The highest BCUT2D eigenvalue weighted by Crippen LogP contribution is 2.21. The number of carbonyl (C=O) groups excluding carboxylic acids is 2. The summed E-state index contributed by atoms with van der Waals surface area (Å²) in [6.45, 7) is 0. The van der Waals surface area contributed by atoms with Gasteiger partial charge in [-0.15, -0.1) is 0 Å². The third kappa shape index (κ3) is 6.06. The van der Waals surface area contributed by atoms with Gasteiger partial charge in [0, 0.05) is 12.1 Å². The summed E-state index contributed by atoms with van der Waals surface area (Å²) in [4.78, 5) is 35.5. The lowest BCUT2D eigenvalue weighted by Crippen LogP contribution is -3.00. The Morgan fingerprint density at radius 2 is 1.94 bits per heavy atom. The van der Waals surface area contributed by atoms with Gasteiger partial charge >= 0.3 is 6.09 Å². The van der Waals surface area contributed by atoms with E-state index in [4.69, 9.17) is 9.62 Å². The number of rotatable bonds is 7. The Morgan fingerprint density at radius 1 is 1.23 bits per heavy atom. The van der Waals surface area contributed by atoms with Crippen LogP contribution in [-0.4, -0.2) is 40.3 Å². The van der Waals surface area contributed by atoms with Crippen molar-refractivity contribution in [3.05, 3.63) is 56.9 Å². The van der Waals surface area contributed by atoms with Crippen molar-refractivity contribution in [1.29, 1.82) is 0 Å². The molecule has 0 radical (unpaired) electrons. The van der Waals surface area contributed by atoms with E-state index in [1.807, 2.05) is 5.43 Å². The van der Waals surface area contributed by atoms with Crippen molar-refractivity contribution >= 4 is 34.8 Å². The minimum atomic E-state index is -1.52. The second-order valence-electron chi connectivity index (χ2n) is 5.72. The van der Waals surface area contributed by atoms with Crippen molar-refractivity contribution in [2.75, 3.05) is 12.4 Å². The fourth-order valence-corrected chi connectivity index (χ4v) is 2.21. The van der Waals surface area contributed by atoms with E-state index in [9.17, 15) is 35.1 Å². The minimum Gasteiger partial charge on any atom is -0.595 e. The molecular weight excluding hydrogens is 422 g/mol. The number of anilines is 1. The molecule has 0 saturated carbocycles. The topological polar surface area (TPSA) is 226 Å². The minimum absolute atomic E-state index is 0.271. The van der Waals surface area contributed by atoms with E-state index >= 15 is 0 Å². The van der Waals surface area contributed by atoms with E-state index in [1.165, 1.54) is 0 Å².